The van der Waals surface area contributed by atoms with Crippen molar-refractivity contribution in [2.45, 2.75) is 51.5 Å². The van der Waals surface area contributed by atoms with Crippen molar-refractivity contribution >= 4 is 17.5 Å². The van der Waals surface area contributed by atoms with Crippen molar-refractivity contribution in [3.63, 3.8) is 0 Å². The molecule has 3 rings (SSSR count). The first-order valence-corrected chi connectivity index (χ1v) is 8.16. The molecule has 5 nitrogen and oxygen atoms in total. The molecule has 2 aliphatic rings. The van der Waals surface area contributed by atoms with Crippen LogP contribution in [-0.2, 0) is 9.59 Å². The lowest BCUT2D eigenvalue weighted by atomic mass is 9.95. The maximum atomic E-state index is 12.4. The van der Waals surface area contributed by atoms with Crippen molar-refractivity contribution < 1.29 is 9.59 Å². The smallest absolute Gasteiger partial charge is 0.229 e. The molecule has 1 aromatic heterocycles. The highest BCUT2D eigenvalue weighted by atomic mass is 16.2. The topological polar surface area (TPSA) is 62.3 Å². The lowest BCUT2D eigenvalue weighted by Crippen LogP contribution is -2.48. The Kier molecular flexibility index (Phi) is 4.41. The van der Waals surface area contributed by atoms with E-state index >= 15 is 0 Å². The molecular weight excluding hydrogens is 278 g/mol. The number of hydrogen-bond donors (Lipinski definition) is 1. The second kappa shape index (κ2) is 6.46. The van der Waals surface area contributed by atoms with Crippen LogP contribution < -0.4 is 5.32 Å². The second-order valence-corrected chi connectivity index (χ2v) is 6.40. The average molecular weight is 301 g/mol. The number of carbonyl (C=O) groups excluding carboxylic acids is 2. The van der Waals surface area contributed by atoms with Crippen LogP contribution in [0.25, 0.3) is 0 Å². The number of hydrogen-bond acceptors (Lipinski definition) is 3. The quantitative estimate of drug-likeness (QED) is 0.933. The standard InChI is InChI=1S/C17H23N3O2/c1-12-6-8-14(10-18-12)19-17(22)13-7-9-16(21)20(11-13)15-4-2-3-5-15/h6,8,10,13,15H,2-5,7,9,11H2,1H3,(H,19,22). The Bertz CT molecular complexity index is 550. The number of aromatic nitrogens is 1. The van der Waals surface area contributed by atoms with Gasteiger partial charge in [0, 0.05) is 24.7 Å². The van der Waals surface area contributed by atoms with Gasteiger partial charge in [0.15, 0.2) is 0 Å². The minimum absolute atomic E-state index is 0.00106. The molecular formula is C17H23N3O2. The molecule has 1 saturated carbocycles. The van der Waals surface area contributed by atoms with Gasteiger partial charge in [-0.25, -0.2) is 0 Å². The van der Waals surface area contributed by atoms with Gasteiger partial charge in [0.1, 0.15) is 0 Å². The van der Waals surface area contributed by atoms with Gasteiger partial charge >= 0.3 is 0 Å². The van der Waals surface area contributed by atoms with Crippen molar-refractivity contribution in [1.29, 1.82) is 0 Å². The number of likely N-dealkylation sites (tertiary alicyclic amines) is 1. The van der Waals surface area contributed by atoms with E-state index in [2.05, 4.69) is 10.3 Å². The first-order valence-electron chi connectivity index (χ1n) is 8.16. The lowest BCUT2D eigenvalue weighted by Gasteiger charge is -2.36. The van der Waals surface area contributed by atoms with Crippen molar-refractivity contribution in [2.75, 3.05) is 11.9 Å². The summed E-state index contributed by atoms with van der Waals surface area (Å²) >= 11 is 0. The molecule has 1 unspecified atom stereocenters. The van der Waals surface area contributed by atoms with E-state index < -0.39 is 0 Å². The highest BCUT2D eigenvalue weighted by Crippen LogP contribution is 2.29. The van der Waals surface area contributed by atoms with Gasteiger partial charge in [0.25, 0.3) is 0 Å². The number of nitrogens with one attached hydrogen (secondary N) is 1. The number of rotatable bonds is 3. The van der Waals surface area contributed by atoms with Gasteiger partial charge in [0.2, 0.25) is 11.8 Å². The first-order chi connectivity index (χ1) is 10.6. The van der Waals surface area contributed by atoms with Crippen molar-refractivity contribution in [2.24, 2.45) is 5.92 Å². The number of piperidine rings is 1. The zero-order chi connectivity index (χ0) is 15.5. The second-order valence-electron chi connectivity index (χ2n) is 6.40. The summed E-state index contributed by atoms with van der Waals surface area (Å²) < 4.78 is 0. The van der Waals surface area contributed by atoms with Crippen molar-refractivity contribution in [3.05, 3.63) is 24.0 Å². The zero-order valence-corrected chi connectivity index (χ0v) is 13.0. The van der Waals surface area contributed by atoms with Gasteiger partial charge in [-0.05, 0) is 38.3 Å². The number of pyridine rings is 1. The van der Waals surface area contributed by atoms with E-state index in [4.69, 9.17) is 0 Å². The highest BCUT2D eigenvalue weighted by molar-refractivity contribution is 5.94. The summed E-state index contributed by atoms with van der Waals surface area (Å²) in [4.78, 5) is 30.7. The van der Waals surface area contributed by atoms with E-state index in [-0.39, 0.29) is 17.7 Å². The monoisotopic (exact) mass is 301 g/mol. The van der Waals surface area contributed by atoms with Gasteiger partial charge in [-0.15, -0.1) is 0 Å². The molecule has 5 heteroatoms. The van der Waals surface area contributed by atoms with Gasteiger partial charge < -0.3 is 10.2 Å². The van der Waals surface area contributed by atoms with E-state index in [0.717, 1.165) is 24.2 Å². The summed E-state index contributed by atoms with van der Waals surface area (Å²) in [5.41, 5.74) is 1.65. The molecule has 0 radical (unpaired) electrons. The Balaban J connectivity index is 1.62. The summed E-state index contributed by atoms with van der Waals surface area (Å²) in [5, 5.41) is 2.93. The summed E-state index contributed by atoms with van der Waals surface area (Å²) in [6, 6.07) is 4.09. The predicted octanol–water partition coefficient (Wildman–Crippen LogP) is 2.51. The van der Waals surface area contributed by atoms with Crippen LogP contribution in [0.15, 0.2) is 18.3 Å². The molecule has 2 heterocycles. The molecule has 2 fully saturated rings. The fraction of sp³-hybridized carbons (Fsp3) is 0.588. The normalized spacial score (nSPS) is 22.9. The molecule has 0 bridgehead atoms. The van der Waals surface area contributed by atoms with E-state index in [1.807, 2.05) is 24.0 Å². The Labute approximate surface area is 131 Å². The molecule has 0 spiro atoms. The summed E-state index contributed by atoms with van der Waals surface area (Å²) in [5.74, 6) is 0.105. The van der Waals surface area contributed by atoms with Gasteiger partial charge in [-0.1, -0.05) is 12.8 Å². The molecule has 118 valence electrons. The number of amides is 2. The van der Waals surface area contributed by atoms with Crippen molar-refractivity contribution in [3.8, 4) is 0 Å². The fourth-order valence-corrected chi connectivity index (χ4v) is 3.44. The van der Waals surface area contributed by atoms with Crippen molar-refractivity contribution in [1.82, 2.24) is 9.88 Å². The van der Waals surface area contributed by atoms with Crippen LogP contribution in [0.1, 0.15) is 44.2 Å². The van der Waals surface area contributed by atoms with Crippen LogP contribution in [0.5, 0.6) is 0 Å². The Morgan fingerprint density at radius 2 is 2.05 bits per heavy atom. The van der Waals surface area contributed by atoms with Crippen LogP contribution >= 0.6 is 0 Å². The number of aryl methyl sites for hydroxylation is 1. The number of carbonyl (C=O) groups is 2. The fourth-order valence-electron chi connectivity index (χ4n) is 3.44. The van der Waals surface area contributed by atoms with Crippen LogP contribution in [0.4, 0.5) is 5.69 Å². The maximum Gasteiger partial charge on any atom is 0.229 e. The molecule has 2 amide bonds. The van der Waals surface area contributed by atoms with Gasteiger partial charge in [-0.2, -0.15) is 0 Å². The lowest BCUT2D eigenvalue weighted by molar-refractivity contribution is -0.139. The Hall–Kier alpha value is -1.91. The van der Waals surface area contributed by atoms with Gasteiger partial charge in [-0.3, -0.25) is 14.6 Å². The predicted molar refractivity (Wildman–Crippen MR) is 84.3 cm³/mol. The minimum Gasteiger partial charge on any atom is -0.339 e. The molecule has 0 aromatic carbocycles. The van der Waals surface area contributed by atoms with E-state index in [1.165, 1.54) is 12.8 Å². The largest absolute Gasteiger partial charge is 0.339 e. The SMILES string of the molecule is Cc1ccc(NC(=O)C2CCC(=O)N(C3CCCC3)C2)cn1. The molecule has 1 aliphatic heterocycles. The van der Waals surface area contributed by atoms with E-state index in [0.29, 0.717) is 25.4 Å². The van der Waals surface area contributed by atoms with Crippen LogP contribution in [0, 0.1) is 12.8 Å². The van der Waals surface area contributed by atoms with Crippen LogP contribution in [0.2, 0.25) is 0 Å². The molecule has 1 aromatic rings. The average Bonchev–Trinajstić information content (AvgIpc) is 3.04. The van der Waals surface area contributed by atoms with E-state index in [9.17, 15) is 9.59 Å². The van der Waals surface area contributed by atoms with Gasteiger partial charge in [0.05, 0.1) is 17.8 Å². The molecule has 1 atom stereocenters. The molecule has 1 saturated heterocycles. The number of anilines is 1. The van der Waals surface area contributed by atoms with Crippen LogP contribution in [-0.4, -0.2) is 34.3 Å². The molecule has 1 N–H and O–H groups in total. The summed E-state index contributed by atoms with van der Waals surface area (Å²) in [6.45, 7) is 2.48. The van der Waals surface area contributed by atoms with Crippen LogP contribution in [0.3, 0.4) is 0 Å². The zero-order valence-electron chi connectivity index (χ0n) is 13.0. The minimum atomic E-state index is -0.111. The third-order valence-electron chi connectivity index (χ3n) is 4.76. The maximum absolute atomic E-state index is 12.4. The third-order valence-corrected chi connectivity index (χ3v) is 4.76. The Morgan fingerprint density at radius 3 is 2.73 bits per heavy atom. The van der Waals surface area contributed by atoms with E-state index in [1.54, 1.807) is 6.20 Å². The summed E-state index contributed by atoms with van der Waals surface area (Å²) in [7, 11) is 0. The Morgan fingerprint density at radius 1 is 1.27 bits per heavy atom. The molecule has 1 aliphatic carbocycles. The highest BCUT2D eigenvalue weighted by Gasteiger charge is 2.35. The number of nitrogens with zero attached hydrogens (tertiary/aromatic N) is 2. The first kappa shape index (κ1) is 15.0. The third kappa shape index (κ3) is 3.29. The molecule has 22 heavy (non-hydrogen) atoms. The summed E-state index contributed by atoms with van der Waals surface area (Å²) in [6.07, 6.45) is 7.37.